The van der Waals surface area contributed by atoms with E-state index in [0.29, 0.717) is 11.7 Å². The highest BCUT2D eigenvalue weighted by Gasteiger charge is 2.08. The van der Waals surface area contributed by atoms with E-state index in [1.54, 1.807) is 0 Å². The lowest BCUT2D eigenvalue weighted by Gasteiger charge is -2.22. The second kappa shape index (κ2) is 8.34. The molecule has 0 aliphatic rings. The molecule has 116 valence electrons. The van der Waals surface area contributed by atoms with Gasteiger partial charge >= 0.3 is 0 Å². The first kappa shape index (κ1) is 16.2. The van der Waals surface area contributed by atoms with Crippen LogP contribution in [0, 0.1) is 0 Å². The average molecular weight is 315 g/mol. The molecular formula is C17H21N3OS. The minimum Gasteiger partial charge on any atom is -0.492 e. The molecule has 1 N–H and O–H groups in total. The largest absolute Gasteiger partial charge is 0.492 e. The molecule has 0 atom stereocenters. The molecule has 1 aromatic heterocycles. The van der Waals surface area contributed by atoms with Crippen LogP contribution in [0.25, 0.3) is 0 Å². The maximum atomic E-state index is 5.60. The molecule has 0 aliphatic heterocycles. The van der Waals surface area contributed by atoms with Crippen LogP contribution >= 0.6 is 12.2 Å². The highest BCUT2D eigenvalue weighted by atomic mass is 32.1. The van der Waals surface area contributed by atoms with Crippen molar-refractivity contribution in [2.24, 2.45) is 0 Å². The Balaban J connectivity index is 1.91. The van der Waals surface area contributed by atoms with E-state index in [9.17, 15) is 0 Å². The number of nitrogens with zero attached hydrogens (tertiary/aromatic N) is 2. The van der Waals surface area contributed by atoms with Crippen LogP contribution < -0.4 is 10.1 Å². The van der Waals surface area contributed by atoms with Crippen molar-refractivity contribution in [3.05, 3.63) is 54.4 Å². The van der Waals surface area contributed by atoms with Gasteiger partial charge in [0, 0.05) is 31.9 Å². The van der Waals surface area contributed by atoms with E-state index in [0.717, 1.165) is 30.1 Å². The van der Waals surface area contributed by atoms with Crippen molar-refractivity contribution in [3.63, 3.8) is 0 Å². The smallest absolute Gasteiger partial charge is 0.173 e. The Morgan fingerprint density at radius 3 is 2.73 bits per heavy atom. The Bertz CT molecular complexity index is 604. The fourth-order valence-electron chi connectivity index (χ4n) is 1.99. The second-order valence-corrected chi connectivity index (χ2v) is 5.24. The minimum absolute atomic E-state index is 0.626. The molecular weight excluding hydrogens is 294 g/mol. The molecule has 0 saturated heterocycles. The molecule has 5 heteroatoms. The summed E-state index contributed by atoms with van der Waals surface area (Å²) in [6.07, 6.45) is 2.66. The van der Waals surface area contributed by atoms with Crippen LogP contribution in [0.15, 0.2) is 48.7 Å². The molecule has 2 rings (SSSR count). The van der Waals surface area contributed by atoms with Gasteiger partial charge in [-0.3, -0.25) is 4.98 Å². The second-order valence-electron chi connectivity index (χ2n) is 4.85. The van der Waals surface area contributed by atoms with Gasteiger partial charge in [0.15, 0.2) is 5.11 Å². The van der Waals surface area contributed by atoms with Crippen molar-refractivity contribution in [1.82, 2.24) is 9.88 Å². The fourth-order valence-corrected chi connectivity index (χ4v) is 2.19. The third kappa shape index (κ3) is 4.70. The van der Waals surface area contributed by atoms with Gasteiger partial charge < -0.3 is 15.0 Å². The Morgan fingerprint density at radius 1 is 1.23 bits per heavy atom. The van der Waals surface area contributed by atoms with E-state index in [-0.39, 0.29) is 0 Å². The van der Waals surface area contributed by atoms with Crippen molar-refractivity contribution in [2.45, 2.75) is 13.3 Å². The van der Waals surface area contributed by atoms with Gasteiger partial charge in [0.2, 0.25) is 0 Å². The molecule has 0 aliphatic carbocycles. The van der Waals surface area contributed by atoms with E-state index < -0.39 is 0 Å². The normalized spacial score (nSPS) is 10.1. The van der Waals surface area contributed by atoms with Crippen LogP contribution in [0.4, 0.5) is 5.69 Å². The molecule has 1 aromatic carbocycles. The van der Waals surface area contributed by atoms with Crippen molar-refractivity contribution >= 4 is 23.0 Å². The van der Waals surface area contributed by atoms with Gasteiger partial charge in [0.05, 0.1) is 12.3 Å². The zero-order valence-electron chi connectivity index (χ0n) is 13.0. The third-order valence-electron chi connectivity index (χ3n) is 3.20. The highest BCUT2D eigenvalue weighted by molar-refractivity contribution is 7.80. The summed E-state index contributed by atoms with van der Waals surface area (Å²) in [6, 6.07) is 13.7. The van der Waals surface area contributed by atoms with Crippen molar-refractivity contribution < 1.29 is 4.74 Å². The zero-order valence-corrected chi connectivity index (χ0v) is 13.8. The molecule has 0 saturated carbocycles. The van der Waals surface area contributed by atoms with E-state index >= 15 is 0 Å². The maximum absolute atomic E-state index is 5.60. The first-order valence-electron chi connectivity index (χ1n) is 7.34. The summed E-state index contributed by atoms with van der Waals surface area (Å²) in [5.41, 5.74) is 1.95. The molecule has 1 heterocycles. The summed E-state index contributed by atoms with van der Waals surface area (Å²) in [6.45, 7) is 3.40. The summed E-state index contributed by atoms with van der Waals surface area (Å²) >= 11 is 5.46. The number of rotatable bonds is 6. The van der Waals surface area contributed by atoms with Crippen LogP contribution in [0.3, 0.4) is 0 Å². The number of anilines is 1. The summed E-state index contributed by atoms with van der Waals surface area (Å²) in [5.74, 6) is 0.811. The SMILES string of the molecule is CCOc1ccccc1NC(=S)N(C)CCc1ccccn1. The van der Waals surface area contributed by atoms with Crippen molar-refractivity contribution in [1.29, 1.82) is 0 Å². The van der Waals surface area contributed by atoms with Gasteiger partial charge in [-0.15, -0.1) is 0 Å². The van der Waals surface area contributed by atoms with Crippen LogP contribution in [-0.2, 0) is 6.42 Å². The van der Waals surface area contributed by atoms with Gasteiger partial charge in [-0.25, -0.2) is 0 Å². The molecule has 0 radical (unpaired) electrons. The molecule has 0 bridgehead atoms. The van der Waals surface area contributed by atoms with E-state index in [1.807, 2.05) is 67.5 Å². The molecule has 0 spiro atoms. The summed E-state index contributed by atoms with van der Waals surface area (Å²) in [5, 5.41) is 3.91. The lowest BCUT2D eigenvalue weighted by atomic mass is 10.2. The van der Waals surface area contributed by atoms with E-state index in [2.05, 4.69) is 10.3 Å². The predicted molar refractivity (Wildman–Crippen MR) is 94.4 cm³/mol. The van der Waals surface area contributed by atoms with Crippen molar-refractivity contribution in [2.75, 3.05) is 25.5 Å². The summed E-state index contributed by atoms with van der Waals surface area (Å²) in [7, 11) is 1.97. The fraction of sp³-hybridized carbons (Fsp3) is 0.294. The molecule has 0 fully saturated rings. The van der Waals surface area contributed by atoms with Gasteiger partial charge in [-0.1, -0.05) is 18.2 Å². The number of nitrogens with one attached hydrogen (secondary N) is 1. The molecule has 2 aromatic rings. The average Bonchev–Trinajstić information content (AvgIpc) is 2.55. The predicted octanol–water partition coefficient (Wildman–Crippen LogP) is 3.35. The van der Waals surface area contributed by atoms with E-state index in [4.69, 9.17) is 17.0 Å². The number of hydrogen-bond donors (Lipinski definition) is 1. The number of pyridine rings is 1. The van der Waals surface area contributed by atoms with E-state index in [1.165, 1.54) is 0 Å². The monoisotopic (exact) mass is 315 g/mol. The number of para-hydroxylation sites is 2. The summed E-state index contributed by atoms with van der Waals surface area (Å²) in [4.78, 5) is 6.33. The van der Waals surface area contributed by atoms with Crippen LogP contribution in [0.2, 0.25) is 0 Å². The Hall–Kier alpha value is -2.14. The Morgan fingerprint density at radius 2 is 2.00 bits per heavy atom. The quantitative estimate of drug-likeness (QED) is 0.828. The maximum Gasteiger partial charge on any atom is 0.173 e. The minimum atomic E-state index is 0.626. The summed E-state index contributed by atoms with van der Waals surface area (Å²) < 4.78 is 5.60. The van der Waals surface area contributed by atoms with Gasteiger partial charge in [0.1, 0.15) is 5.75 Å². The Labute approximate surface area is 137 Å². The number of hydrogen-bond acceptors (Lipinski definition) is 3. The number of ether oxygens (including phenoxy) is 1. The number of aromatic nitrogens is 1. The first-order valence-corrected chi connectivity index (χ1v) is 7.75. The number of likely N-dealkylation sites (N-methyl/N-ethyl adjacent to an activating group) is 1. The van der Waals surface area contributed by atoms with Gasteiger partial charge in [-0.2, -0.15) is 0 Å². The van der Waals surface area contributed by atoms with Crippen molar-refractivity contribution in [3.8, 4) is 5.75 Å². The molecule has 0 unspecified atom stereocenters. The lowest BCUT2D eigenvalue weighted by Crippen LogP contribution is -2.33. The Kier molecular flexibility index (Phi) is 6.15. The number of thiocarbonyl (C=S) groups is 1. The van der Waals surface area contributed by atoms with Crippen LogP contribution in [0.5, 0.6) is 5.75 Å². The lowest BCUT2D eigenvalue weighted by molar-refractivity contribution is 0.342. The van der Waals surface area contributed by atoms with Crippen LogP contribution in [0.1, 0.15) is 12.6 Å². The zero-order chi connectivity index (χ0) is 15.8. The number of benzene rings is 1. The molecule has 4 nitrogen and oxygen atoms in total. The van der Waals surface area contributed by atoms with Gasteiger partial charge in [0.25, 0.3) is 0 Å². The topological polar surface area (TPSA) is 37.4 Å². The third-order valence-corrected chi connectivity index (χ3v) is 3.62. The highest BCUT2D eigenvalue weighted by Crippen LogP contribution is 2.23. The molecule has 0 amide bonds. The standard InChI is InChI=1S/C17H21N3OS/c1-3-21-16-10-5-4-9-15(16)19-17(22)20(2)13-11-14-8-6-7-12-18-14/h4-10,12H,3,11,13H2,1-2H3,(H,19,22). The first-order chi connectivity index (χ1) is 10.7. The van der Waals surface area contributed by atoms with Crippen LogP contribution in [-0.4, -0.2) is 35.2 Å². The van der Waals surface area contributed by atoms with Gasteiger partial charge in [-0.05, 0) is 43.4 Å². The molecule has 22 heavy (non-hydrogen) atoms.